The van der Waals surface area contributed by atoms with Gasteiger partial charge < -0.3 is 14.9 Å². The van der Waals surface area contributed by atoms with E-state index < -0.39 is 5.60 Å². The largest absolute Gasteiger partial charge is 0.444 e. The van der Waals surface area contributed by atoms with E-state index in [-0.39, 0.29) is 24.7 Å². The summed E-state index contributed by atoms with van der Waals surface area (Å²) in [6, 6.07) is 0.0871. The highest BCUT2D eigenvalue weighted by Crippen LogP contribution is 2.16. The molecule has 0 aliphatic rings. The second kappa shape index (κ2) is 5.29. The Morgan fingerprint density at radius 1 is 1.56 bits per heavy atom. The zero-order valence-corrected chi connectivity index (χ0v) is 11.6. The number of oxazole rings is 1. The Bertz CT molecular complexity index is 407. The van der Waals surface area contributed by atoms with Crippen LogP contribution in [0.15, 0.2) is 10.6 Å². The van der Waals surface area contributed by atoms with E-state index in [2.05, 4.69) is 4.98 Å². The van der Waals surface area contributed by atoms with Crippen molar-refractivity contribution in [3.63, 3.8) is 0 Å². The molecule has 1 rings (SSSR count). The molecule has 0 radical (unpaired) electrons. The number of hydrogen-bond acceptors (Lipinski definition) is 5. The van der Waals surface area contributed by atoms with Crippen LogP contribution in [0.3, 0.4) is 0 Å². The molecular weight excluding hydrogens is 234 g/mol. The van der Waals surface area contributed by atoms with Crippen LogP contribution < -0.4 is 5.73 Å². The third kappa shape index (κ3) is 4.27. The second-order valence-electron chi connectivity index (χ2n) is 5.37. The van der Waals surface area contributed by atoms with Gasteiger partial charge >= 0.3 is 6.09 Å². The number of nitrogen functional groups attached to an aromatic ring is 1. The molecule has 102 valence electrons. The molecule has 0 aliphatic carbocycles. The third-order valence-electron chi connectivity index (χ3n) is 2.15. The molecule has 2 N–H and O–H groups in total. The molecule has 0 aliphatic heterocycles. The first-order valence-corrected chi connectivity index (χ1v) is 5.89. The van der Waals surface area contributed by atoms with E-state index in [0.717, 1.165) is 0 Å². The summed E-state index contributed by atoms with van der Waals surface area (Å²) in [6.45, 7) is 9.59. The Morgan fingerprint density at radius 2 is 2.17 bits per heavy atom. The van der Waals surface area contributed by atoms with Gasteiger partial charge in [0, 0.05) is 6.04 Å². The fourth-order valence-corrected chi connectivity index (χ4v) is 1.34. The number of aromatic nitrogens is 1. The lowest BCUT2D eigenvalue weighted by Gasteiger charge is -2.29. The maximum absolute atomic E-state index is 12.0. The molecule has 18 heavy (non-hydrogen) atoms. The van der Waals surface area contributed by atoms with Crippen LogP contribution in [0.25, 0.3) is 0 Å². The SMILES string of the molecule is CC(C)N(Cc1cnc(N)o1)C(=O)OC(C)(C)C. The summed E-state index contributed by atoms with van der Waals surface area (Å²) in [5.41, 5.74) is 4.87. The Hall–Kier alpha value is -1.72. The number of nitrogens with zero attached hydrogens (tertiary/aromatic N) is 2. The number of carbonyl (C=O) groups excluding carboxylic acids is 1. The predicted molar refractivity (Wildman–Crippen MR) is 67.8 cm³/mol. The summed E-state index contributed by atoms with van der Waals surface area (Å²) in [7, 11) is 0. The molecule has 0 saturated heterocycles. The van der Waals surface area contributed by atoms with E-state index in [1.165, 1.54) is 6.20 Å². The topological polar surface area (TPSA) is 81.6 Å². The summed E-state index contributed by atoms with van der Waals surface area (Å²) in [6.07, 6.45) is 1.13. The van der Waals surface area contributed by atoms with Crippen molar-refractivity contribution in [2.75, 3.05) is 5.73 Å². The van der Waals surface area contributed by atoms with Gasteiger partial charge in [-0.3, -0.25) is 4.90 Å². The van der Waals surface area contributed by atoms with Crippen molar-refractivity contribution >= 4 is 12.1 Å². The lowest BCUT2D eigenvalue weighted by molar-refractivity contribution is 0.0158. The van der Waals surface area contributed by atoms with Crippen molar-refractivity contribution < 1.29 is 13.9 Å². The number of hydrogen-bond donors (Lipinski definition) is 1. The smallest absolute Gasteiger partial charge is 0.410 e. The summed E-state index contributed by atoms with van der Waals surface area (Å²) >= 11 is 0. The minimum absolute atomic E-state index is 0.00817. The lowest BCUT2D eigenvalue weighted by atomic mass is 10.2. The van der Waals surface area contributed by atoms with Gasteiger partial charge in [-0.1, -0.05) is 0 Å². The van der Waals surface area contributed by atoms with Gasteiger partial charge in [-0.25, -0.2) is 9.78 Å². The molecule has 0 aromatic carbocycles. The van der Waals surface area contributed by atoms with Crippen LogP contribution >= 0.6 is 0 Å². The molecule has 1 amide bonds. The van der Waals surface area contributed by atoms with Crippen LogP contribution in [0.4, 0.5) is 10.8 Å². The normalized spacial score (nSPS) is 11.7. The summed E-state index contributed by atoms with van der Waals surface area (Å²) in [5, 5.41) is 0. The highest BCUT2D eigenvalue weighted by molar-refractivity contribution is 5.68. The average Bonchev–Trinajstić information content (AvgIpc) is 2.57. The Labute approximate surface area is 107 Å². The van der Waals surface area contributed by atoms with Gasteiger partial charge in [-0.05, 0) is 34.6 Å². The minimum atomic E-state index is -0.523. The lowest BCUT2D eigenvalue weighted by Crippen LogP contribution is -2.40. The fraction of sp³-hybridized carbons (Fsp3) is 0.667. The van der Waals surface area contributed by atoms with Gasteiger partial charge in [-0.2, -0.15) is 0 Å². The van der Waals surface area contributed by atoms with Gasteiger partial charge in [0.15, 0.2) is 0 Å². The van der Waals surface area contributed by atoms with Crippen molar-refractivity contribution in [2.45, 2.75) is 52.8 Å². The fourth-order valence-electron chi connectivity index (χ4n) is 1.34. The number of ether oxygens (including phenoxy) is 1. The van der Waals surface area contributed by atoms with E-state index in [4.69, 9.17) is 14.9 Å². The zero-order chi connectivity index (χ0) is 13.9. The highest BCUT2D eigenvalue weighted by atomic mass is 16.6. The van der Waals surface area contributed by atoms with Crippen LogP contribution in [0.2, 0.25) is 0 Å². The van der Waals surface area contributed by atoms with Gasteiger partial charge in [0.05, 0.1) is 12.7 Å². The molecule has 0 spiro atoms. The number of anilines is 1. The molecule has 6 heteroatoms. The zero-order valence-electron chi connectivity index (χ0n) is 11.6. The molecule has 1 heterocycles. The Balaban J connectivity index is 2.74. The molecule has 0 fully saturated rings. The molecule has 0 atom stereocenters. The molecule has 6 nitrogen and oxygen atoms in total. The molecule has 0 unspecified atom stereocenters. The average molecular weight is 255 g/mol. The summed E-state index contributed by atoms with van der Waals surface area (Å²) in [5.74, 6) is 0.534. The molecule has 1 aromatic rings. The second-order valence-corrected chi connectivity index (χ2v) is 5.37. The summed E-state index contributed by atoms with van der Waals surface area (Å²) < 4.78 is 10.5. The van der Waals surface area contributed by atoms with Crippen LogP contribution in [-0.4, -0.2) is 27.6 Å². The highest BCUT2D eigenvalue weighted by Gasteiger charge is 2.25. The number of amides is 1. The van der Waals surface area contributed by atoms with E-state index in [9.17, 15) is 4.79 Å². The van der Waals surface area contributed by atoms with Crippen LogP contribution in [-0.2, 0) is 11.3 Å². The number of rotatable bonds is 3. The van der Waals surface area contributed by atoms with Gasteiger partial charge in [0.2, 0.25) is 0 Å². The van der Waals surface area contributed by atoms with E-state index in [0.29, 0.717) is 5.76 Å². The minimum Gasteiger partial charge on any atom is -0.444 e. The standard InChI is InChI=1S/C12H21N3O3/c1-8(2)15(11(16)18-12(3,4)5)7-9-6-14-10(13)17-9/h6,8H,7H2,1-5H3,(H2,13,14). The van der Waals surface area contributed by atoms with Crippen LogP contribution in [0, 0.1) is 0 Å². The molecule has 1 aromatic heterocycles. The van der Waals surface area contributed by atoms with Crippen molar-refractivity contribution in [2.24, 2.45) is 0 Å². The first-order valence-electron chi connectivity index (χ1n) is 5.89. The van der Waals surface area contributed by atoms with Gasteiger partial charge in [0.25, 0.3) is 6.01 Å². The van der Waals surface area contributed by atoms with Gasteiger partial charge in [0.1, 0.15) is 11.4 Å². The van der Waals surface area contributed by atoms with E-state index in [1.807, 2.05) is 34.6 Å². The van der Waals surface area contributed by atoms with Crippen molar-refractivity contribution in [3.05, 3.63) is 12.0 Å². The maximum atomic E-state index is 12.0. The molecule has 0 bridgehead atoms. The van der Waals surface area contributed by atoms with E-state index >= 15 is 0 Å². The maximum Gasteiger partial charge on any atom is 0.410 e. The van der Waals surface area contributed by atoms with Crippen molar-refractivity contribution in [1.82, 2.24) is 9.88 Å². The molecule has 0 saturated carbocycles. The van der Waals surface area contributed by atoms with Crippen LogP contribution in [0.1, 0.15) is 40.4 Å². The number of nitrogens with two attached hydrogens (primary N) is 1. The first kappa shape index (κ1) is 14.3. The van der Waals surface area contributed by atoms with E-state index in [1.54, 1.807) is 4.90 Å². The Kier molecular flexibility index (Phi) is 4.21. The monoisotopic (exact) mass is 255 g/mol. The first-order chi connectivity index (χ1) is 8.19. The molecular formula is C12H21N3O3. The van der Waals surface area contributed by atoms with Crippen molar-refractivity contribution in [1.29, 1.82) is 0 Å². The summed E-state index contributed by atoms with van der Waals surface area (Å²) in [4.78, 5) is 17.4. The van der Waals surface area contributed by atoms with Crippen molar-refractivity contribution in [3.8, 4) is 0 Å². The Morgan fingerprint density at radius 3 is 2.56 bits per heavy atom. The van der Waals surface area contributed by atoms with Gasteiger partial charge in [-0.15, -0.1) is 0 Å². The quantitative estimate of drug-likeness (QED) is 0.896. The predicted octanol–water partition coefficient (Wildman–Crippen LogP) is 2.40. The third-order valence-corrected chi connectivity index (χ3v) is 2.15. The number of carbonyl (C=O) groups is 1. The van der Waals surface area contributed by atoms with Crippen LogP contribution in [0.5, 0.6) is 0 Å².